The first-order chi connectivity index (χ1) is 10.1. The molecule has 2 unspecified atom stereocenters. The number of nitrogens with one attached hydrogen (secondary N) is 2. The van der Waals surface area contributed by atoms with Gasteiger partial charge in [0.05, 0.1) is 6.54 Å². The fourth-order valence-electron chi connectivity index (χ4n) is 2.43. The molecule has 1 aliphatic heterocycles. The van der Waals surface area contributed by atoms with E-state index in [1.54, 1.807) is 12.1 Å². The molecular weight excluding hydrogens is 288 g/mol. The lowest BCUT2D eigenvalue weighted by molar-refractivity contribution is -0.121. The molecule has 0 radical (unpaired) electrons. The lowest BCUT2D eigenvalue weighted by atomic mass is 10.0. The van der Waals surface area contributed by atoms with Crippen LogP contribution in [0.5, 0.6) is 5.75 Å². The van der Waals surface area contributed by atoms with Gasteiger partial charge in [-0.15, -0.1) is 0 Å². The van der Waals surface area contributed by atoms with Gasteiger partial charge in [-0.3, -0.25) is 4.79 Å². The van der Waals surface area contributed by atoms with Crippen LogP contribution in [0.1, 0.15) is 26.2 Å². The molecule has 2 rings (SSSR count). The van der Waals surface area contributed by atoms with E-state index in [-0.39, 0.29) is 12.0 Å². The van der Waals surface area contributed by atoms with Gasteiger partial charge in [-0.2, -0.15) is 0 Å². The van der Waals surface area contributed by atoms with Gasteiger partial charge in [-0.1, -0.05) is 11.6 Å². The van der Waals surface area contributed by atoms with Crippen LogP contribution in [0.15, 0.2) is 24.3 Å². The number of hydrogen-bond donors (Lipinski definition) is 2. The van der Waals surface area contributed by atoms with Crippen molar-refractivity contribution in [2.75, 3.05) is 19.6 Å². The van der Waals surface area contributed by atoms with Crippen LogP contribution in [0.4, 0.5) is 0 Å². The number of benzene rings is 1. The summed E-state index contributed by atoms with van der Waals surface area (Å²) in [6, 6.07) is 7.23. The standard InChI is InChI=1S/C16H23ClN2O2/c1-12(21-15-5-3-14(17)4-6-15)10-19-16(20)7-2-13-8-9-18-11-13/h3-6,12-13,18H,2,7-11H2,1H3,(H,19,20). The van der Waals surface area contributed by atoms with Crippen LogP contribution < -0.4 is 15.4 Å². The second-order valence-electron chi connectivity index (χ2n) is 5.58. The topological polar surface area (TPSA) is 50.4 Å². The Kier molecular flexibility index (Phi) is 6.33. The normalized spacial score (nSPS) is 19.2. The van der Waals surface area contributed by atoms with Crippen molar-refractivity contribution in [3.8, 4) is 5.75 Å². The molecule has 1 fully saturated rings. The average molecular weight is 311 g/mol. The molecule has 0 aromatic heterocycles. The molecule has 116 valence electrons. The van der Waals surface area contributed by atoms with Crippen molar-refractivity contribution in [2.24, 2.45) is 5.92 Å². The molecule has 4 nitrogen and oxygen atoms in total. The molecule has 21 heavy (non-hydrogen) atoms. The summed E-state index contributed by atoms with van der Waals surface area (Å²) < 4.78 is 5.71. The molecule has 5 heteroatoms. The van der Waals surface area contributed by atoms with E-state index in [2.05, 4.69) is 10.6 Å². The van der Waals surface area contributed by atoms with Gasteiger partial charge >= 0.3 is 0 Å². The van der Waals surface area contributed by atoms with Crippen molar-refractivity contribution in [1.82, 2.24) is 10.6 Å². The van der Waals surface area contributed by atoms with E-state index in [9.17, 15) is 4.79 Å². The predicted octanol–water partition coefficient (Wildman–Crippen LogP) is 2.61. The van der Waals surface area contributed by atoms with Gasteiger partial charge in [0.15, 0.2) is 0 Å². The summed E-state index contributed by atoms with van der Waals surface area (Å²) in [5, 5.41) is 6.93. The summed E-state index contributed by atoms with van der Waals surface area (Å²) in [5.74, 6) is 1.52. The lowest BCUT2D eigenvalue weighted by Crippen LogP contribution is -2.33. The largest absolute Gasteiger partial charge is 0.489 e. The fourth-order valence-corrected chi connectivity index (χ4v) is 2.56. The van der Waals surface area contributed by atoms with E-state index in [1.165, 1.54) is 6.42 Å². The fraction of sp³-hybridized carbons (Fsp3) is 0.562. The highest BCUT2D eigenvalue weighted by atomic mass is 35.5. The van der Waals surface area contributed by atoms with E-state index in [4.69, 9.17) is 16.3 Å². The van der Waals surface area contributed by atoms with Gasteiger partial charge in [0.25, 0.3) is 0 Å². The first-order valence-electron chi connectivity index (χ1n) is 7.53. The molecule has 0 saturated carbocycles. The Hall–Kier alpha value is -1.26. The first kappa shape index (κ1) is 16.1. The molecule has 1 aromatic carbocycles. The molecule has 2 N–H and O–H groups in total. The zero-order valence-corrected chi connectivity index (χ0v) is 13.2. The van der Waals surface area contributed by atoms with Gasteiger partial charge in [0.2, 0.25) is 5.91 Å². The first-order valence-corrected chi connectivity index (χ1v) is 7.91. The lowest BCUT2D eigenvalue weighted by Gasteiger charge is -2.16. The minimum Gasteiger partial charge on any atom is -0.489 e. The van der Waals surface area contributed by atoms with Gasteiger partial charge < -0.3 is 15.4 Å². The zero-order chi connectivity index (χ0) is 15.1. The van der Waals surface area contributed by atoms with Crippen LogP contribution in [0.2, 0.25) is 5.02 Å². The van der Waals surface area contributed by atoms with Gasteiger partial charge in [-0.05, 0) is 63.0 Å². The highest BCUT2D eigenvalue weighted by Gasteiger charge is 2.15. The third-order valence-electron chi connectivity index (χ3n) is 3.68. The minimum atomic E-state index is -0.0664. The molecule has 1 aromatic rings. The van der Waals surface area contributed by atoms with Crippen molar-refractivity contribution >= 4 is 17.5 Å². The minimum absolute atomic E-state index is 0.0664. The monoisotopic (exact) mass is 310 g/mol. The van der Waals surface area contributed by atoms with Crippen LogP contribution >= 0.6 is 11.6 Å². The molecule has 1 aliphatic rings. The van der Waals surface area contributed by atoms with Crippen molar-refractivity contribution in [3.05, 3.63) is 29.3 Å². The maximum absolute atomic E-state index is 11.8. The van der Waals surface area contributed by atoms with Gasteiger partial charge in [0, 0.05) is 11.4 Å². The highest BCUT2D eigenvalue weighted by molar-refractivity contribution is 6.30. The summed E-state index contributed by atoms with van der Waals surface area (Å²) >= 11 is 5.82. The van der Waals surface area contributed by atoms with Gasteiger partial charge in [0.1, 0.15) is 11.9 Å². The SMILES string of the molecule is CC(CNC(=O)CCC1CCNC1)Oc1ccc(Cl)cc1. The Morgan fingerprint density at radius 1 is 1.48 bits per heavy atom. The molecule has 1 saturated heterocycles. The van der Waals surface area contributed by atoms with E-state index >= 15 is 0 Å². The maximum atomic E-state index is 11.8. The van der Waals surface area contributed by atoms with E-state index in [1.807, 2.05) is 19.1 Å². The van der Waals surface area contributed by atoms with Crippen LogP contribution in [-0.4, -0.2) is 31.6 Å². The van der Waals surface area contributed by atoms with Crippen molar-refractivity contribution < 1.29 is 9.53 Å². The molecule has 0 spiro atoms. The Bertz CT molecular complexity index is 444. The van der Waals surface area contributed by atoms with Crippen molar-refractivity contribution in [1.29, 1.82) is 0 Å². The Labute approximate surface area is 131 Å². The molecule has 2 atom stereocenters. The van der Waals surface area contributed by atoms with Crippen molar-refractivity contribution in [3.63, 3.8) is 0 Å². The number of rotatable bonds is 7. The quantitative estimate of drug-likeness (QED) is 0.814. The number of ether oxygens (including phenoxy) is 1. The molecule has 1 heterocycles. The third-order valence-corrected chi connectivity index (χ3v) is 3.93. The summed E-state index contributed by atoms with van der Waals surface area (Å²) in [4.78, 5) is 11.8. The summed E-state index contributed by atoms with van der Waals surface area (Å²) in [6.45, 7) is 4.59. The van der Waals surface area contributed by atoms with Crippen LogP contribution in [0.25, 0.3) is 0 Å². The number of amides is 1. The van der Waals surface area contributed by atoms with E-state index < -0.39 is 0 Å². The number of carbonyl (C=O) groups excluding carboxylic acids is 1. The zero-order valence-electron chi connectivity index (χ0n) is 12.4. The van der Waals surface area contributed by atoms with Crippen LogP contribution in [0, 0.1) is 5.92 Å². The predicted molar refractivity (Wildman–Crippen MR) is 84.8 cm³/mol. The molecule has 0 aliphatic carbocycles. The summed E-state index contributed by atoms with van der Waals surface area (Å²) in [6.07, 6.45) is 2.68. The van der Waals surface area contributed by atoms with Crippen LogP contribution in [0.3, 0.4) is 0 Å². The molecule has 0 bridgehead atoms. The molecule has 1 amide bonds. The second-order valence-corrected chi connectivity index (χ2v) is 6.02. The average Bonchev–Trinajstić information content (AvgIpc) is 2.99. The van der Waals surface area contributed by atoms with E-state index in [0.717, 1.165) is 25.3 Å². The number of carbonyl (C=O) groups is 1. The van der Waals surface area contributed by atoms with Gasteiger partial charge in [-0.25, -0.2) is 0 Å². The van der Waals surface area contributed by atoms with E-state index in [0.29, 0.717) is 23.9 Å². The third kappa shape index (κ3) is 5.94. The van der Waals surface area contributed by atoms with Crippen molar-refractivity contribution in [2.45, 2.75) is 32.3 Å². The Morgan fingerprint density at radius 2 is 2.24 bits per heavy atom. The number of halogens is 1. The van der Waals surface area contributed by atoms with Crippen LogP contribution in [-0.2, 0) is 4.79 Å². The second kappa shape index (κ2) is 8.25. The molecular formula is C16H23ClN2O2. The maximum Gasteiger partial charge on any atom is 0.220 e. The Morgan fingerprint density at radius 3 is 2.90 bits per heavy atom. The highest BCUT2D eigenvalue weighted by Crippen LogP contribution is 2.17. The Balaban J connectivity index is 1.62. The number of hydrogen-bond acceptors (Lipinski definition) is 3. The summed E-state index contributed by atoms with van der Waals surface area (Å²) in [5.41, 5.74) is 0. The smallest absolute Gasteiger partial charge is 0.220 e. The summed E-state index contributed by atoms with van der Waals surface area (Å²) in [7, 11) is 0.